The molecule has 18 heavy (non-hydrogen) atoms. The third-order valence-corrected chi connectivity index (χ3v) is 4.28. The molecule has 1 N–H and O–H groups in total. The molecule has 0 atom stereocenters. The second kappa shape index (κ2) is 5.35. The minimum absolute atomic E-state index is 0.0216. The van der Waals surface area contributed by atoms with E-state index in [0.29, 0.717) is 0 Å². The van der Waals surface area contributed by atoms with Crippen LogP contribution in [0, 0.1) is 6.92 Å². The number of hydrogen-bond acceptors (Lipinski definition) is 3. The van der Waals surface area contributed by atoms with Gasteiger partial charge in [-0.05, 0) is 38.5 Å². The van der Waals surface area contributed by atoms with E-state index in [2.05, 4.69) is 0 Å². The number of carbonyl (C=O) groups is 1. The van der Waals surface area contributed by atoms with Crippen molar-refractivity contribution in [1.82, 2.24) is 0 Å². The topological polar surface area (TPSA) is 71.4 Å². The monoisotopic (exact) mass is 268 g/mol. The van der Waals surface area contributed by atoms with Gasteiger partial charge in [0.05, 0.1) is 16.2 Å². The van der Waals surface area contributed by atoms with Crippen molar-refractivity contribution in [2.75, 3.05) is 5.75 Å². The molecule has 4 nitrogen and oxygen atoms in total. The summed E-state index contributed by atoms with van der Waals surface area (Å²) in [4.78, 5) is 11.0. The first-order valence-corrected chi connectivity index (χ1v) is 7.10. The molecule has 0 aliphatic heterocycles. The Balaban J connectivity index is 3.30. The third kappa shape index (κ3) is 3.20. The number of sulfone groups is 1. The molecule has 1 rings (SSSR count). The predicted octanol–water partition coefficient (Wildman–Crippen LogP) is 2.43. The van der Waals surface area contributed by atoms with Gasteiger partial charge >= 0.3 is 5.97 Å². The average molecular weight is 268 g/mol. The van der Waals surface area contributed by atoms with Crippen LogP contribution >= 0.6 is 0 Å². The van der Waals surface area contributed by atoms with Crippen LogP contribution in [0.25, 0.3) is 0 Å². The lowest BCUT2D eigenvalue weighted by Crippen LogP contribution is -2.10. The summed E-state index contributed by atoms with van der Waals surface area (Å²) in [6, 6.07) is 4.29. The molecule has 0 saturated carbocycles. The molecule has 0 radical (unpaired) electrons. The molecule has 5 heteroatoms. The lowest BCUT2D eigenvalue weighted by molar-refractivity contribution is 0.0696. The van der Waals surface area contributed by atoms with Crippen molar-refractivity contribution in [2.45, 2.75) is 25.7 Å². The third-order valence-electron chi connectivity index (χ3n) is 2.56. The van der Waals surface area contributed by atoms with Crippen molar-refractivity contribution in [2.24, 2.45) is 0 Å². The number of carboxylic acid groups (broad SMARTS) is 1. The summed E-state index contributed by atoms with van der Waals surface area (Å²) >= 11 is 0. The fraction of sp³-hybridized carbons (Fsp3) is 0.308. The van der Waals surface area contributed by atoms with Gasteiger partial charge in [0.25, 0.3) is 0 Å². The van der Waals surface area contributed by atoms with Gasteiger partial charge in [0.1, 0.15) is 0 Å². The molecule has 0 bridgehead atoms. The summed E-state index contributed by atoms with van der Waals surface area (Å²) < 4.78 is 24.2. The normalized spacial score (nSPS) is 11.1. The second-order valence-electron chi connectivity index (χ2n) is 4.30. The smallest absolute Gasteiger partial charge is 0.335 e. The van der Waals surface area contributed by atoms with Crippen LogP contribution in [-0.2, 0) is 9.84 Å². The number of hydrogen-bond donors (Lipinski definition) is 1. The number of benzene rings is 1. The molecule has 1 aromatic carbocycles. The van der Waals surface area contributed by atoms with Gasteiger partial charge in [-0.2, -0.15) is 0 Å². The van der Waals surface area contributed by atoms with E-state index in [1.165, 1.54) is 25.1 Å². The Bertz CT molecular complexity index is 593. The molecule has 0 amide bonds. The van der Waals surface area contributed by atoms with Crippen molar-refractivity contribution in [3.63, 3.8) is 0 Å². The quantitative estimate of drug-likeness (QED) is 0.851. The highest BCUT2D eigenvalue weighted by molar-refractivity contribution is 7.91. The number of carboxylic acids is 1. The van der Waals surface area contributed by atoms with E-state index in [1.807, 2.05) is 13.8 Å². The summed E-state index contributed by atoms with van der Waals surface area (Å²) in [6.07, 6.45) is 1.61. The summed E-state index contributed by atoms with van der Waals surface area (Å²) in [5, 5.41) is 8.97. The minimum Gasteiger partial charge on any atom is -0.478 e. The zero-order chi connectivity index (χ0) is 13.9. The van der Waals surface area contributed by atoms with Crippen LogP contribution in [0.4, 0.5) is 0 Å². The molecule has 98 valence electrons. The van der Waals surface area contributed by atoms with Crippen molar-refractivity contribution in [3.8, 4) is 0 Å². The summed E-state index contributed by atoms with van der Waals surface area (Å²) in [6.45, 7) is 5.14. The van der Waals surface area contributed by atoms with Crippen LogP contribution in [0.2, 0.25) is 0 Å². The van der Waals surface area contributed by atoms with Crippen molar-refractivity contribution in [1.29, 1.82) is 0 Å². The van der Waals surface area contributed by atoms with Crippen LogP contribution in [-0.4, -0.2) is 25.2 Å². The van der Waals surface area contributed by atoms with Crippen LogP contribution in [0.5, 0.6) is 0 Å². The Morgan fingerprint density at radius 2 is 1.94 bits per heavy atom. The molecule has 0 saturated heterocycles. The van der Waals surface area contributed by atoms with Crippen molar-refractivity contribution < 1.29 is 18.3 Å². The van der Waals surface area contributed by atoms with E-state index in [1.54, 1.807) is 6.08 Å². The van der Waals surface area contributed by atoms with Crippen LogP contribution < -0.4 is 0 Å². The lowest BCUT2D eigenvalue weighted by Gasteiger charge is -2.08. The molecule has 0 heterocycles. The van der Waals surface area contributed by atoms with Gasteiger partial charge in [-0.25, -0.2) is 13.2 Å². The van der Waals surface area contributed by atoms with E-state index in [4.69, 9.17) is 5.11 Å². The second-order valence-corrected chi connectivity index (χ2v) is 6.30. The molecular formula is C13H16O4S. The molecule has 0 spiro atoms. The fourth-order valence-electron chi connectivity index (χ4n) is 1.55. The molecular weight excluding hydrogens is 252 g/mol. The Morgan fingerprint density at radius 3 is 2.44 bits per heavy atom. The van der Waals surface area contributed by atoms with Gasteiger partial charge < -0.3 is 5.11 Å². The van der Waals surface area contributed by atoms with E-state index >= 15 is 0 Å². The van der Waals surface area contributed by atoms with E-state index in [9.17, 15) is 13.2 Å². The largest absolute Gasteiger partial charge is 0.478 e. The maximum Gasteiger partial charge on any atom is 0.335 e. The summed E-state index contributed by atoms with van der Waals surface area (Å²) in [7, 11) is -3.48. The highest BCUT2D eigenvalue weighted by atomic mass is 32.2. The fourth-order valence-corrected chi connectivity index (χ4v) is 3.14. The number of rotatable bonds is 4. The molecule has 0 aliphatic carbocycles. The number of aromatic carboxylic acids is 1. The zero-order valence-corrected chi connectivity index (χ0v) is 11.4. The molecule has 0 aliphatic rings. The molecule has 0 unspecified atom stereocenters. The molecule has 1 aromatic rings. The lowest BCUT2D eigenvalue weighted by atomic mass is 10.1. The Hall–Kier alpha value is -1.62. The van der Waals surface area contributed by atoms with E-state index in [0.717, 1.165) is 5.57 Å². The Labute approximate surface area is 107 Å². The first-order valence-electron chi connectivity index (χ1n) is 5.44. The SMILES string of the molecule is CC(C)=CCS(=O)(=O)c1cccc(C(=O)O)c1C. The Kier molecular flexibility index (Phi) is 4.29. The van der Waals surface area contributed by atoms with E-state index in [-0.39, 0.29) is 21.8 Å². The first-order chi connectivity index (χ1) is 8.25. The standard InChI is InChI=1S/C13H16O4S/c1-9(2)7-8-18(16,17)12-6-4-5-11(10(12)3)13(14)15/h4-7H,8H2,1-3H3,(H,14,15). The van der Waals surface area contributed by atoms with Gasteiger partial charge in [0, 0.05) is 0 Å². The first kappa shape index (κ1) is 14.4. The maximum atomic E-state index is 12.1. The highest BCUT2D eigenvalue weighted by Gasteiger charge is 2.19. The molecule has 0 fully saturated rings. The van der Waals surface area contributed by atoms with Crippen LogP contribution in [0.15, 0.2) is 34.7 Å². The van der Waals surface area contributed by atoms with Crippen molar-refractivity contribution >= 4 is 15.8 Å². The minimum atomic E-state index is -3.48. The van der Waals surface area contributed by atoms with Crippen LogP contribution in [0.1, 0.15) is 29.8 Å². The zero-order valence-electron chi connectivity index (χ0n) is 10.6. The summed E-state index contributed by atoms with van der Waals surface area (Å²) in [5.41, 5.74) is 1.21. The van der Waals surface area contributed by atoms with Gasteiger partial charge in [-0.1, -0.05) is 17.7 Å². The van der Waals surface area contributed by atoms with Crippen molar-refractivity contribution in [3.05, 3.63) is 41.0 Å². The predicted molar refractivity (Wildman–Crippen MR) is 69.6 cm³/mol. The van der Waals surface area contributed by atoms with Gasteiger partial charge in [0.2, 0.25) is 0 Å². The van der Waals surface area contributed by atoms with Gasteiger partial charge in [-0.15, -0.1) is 0 Å². The maximum absolute atomic E-state index is 12.1. The Morgan fingerprint density at radius 1 is 1.33 bits per heavy atom. The highest BCUT2D eigenvalue weighted by Crippen LogP contribution is 2.20. The number of allylic oxidation sites excluding steroid dienone is 1. The van der Waals surface area contributed by atoms with Gasteiger partial charge in [-0.3, -0.25) is 0 Å². The summed E-state index contributed by atoms with van der Waals surface area (Å²) in [5.74, 6) is -1.23. The molecule has 0 aromatic heterocycles. The van der Waals surface area contributed by atoms with E-state index < -0.39 is 15.8 Å². The van der Waals surface area contributed by atoms with Gasteiger partial charge in [0.15, 0.2) is 9.84 Å². The van der Waals surface area contributed by atoms with Crippen LogP contribution in [0.3, 0.4) is 0 Å². The average Bonchev–Trinajstić information content (AvgIpc) is 2.26.